The summed E-state index contributed by atoms with van der Waals surface area (Å²) in [6.45, 7) is 0. The third-order valence-corrected chi connectivity index (χ3v) is 8.16. The van der Waals surface area contributed by atoms with Crippen molar-refractivity contribution in [3.63, 3.8) is 0 Å². The Labute approximate surface area is 285 Å². The second-order valence-corrected chi connectivity index (χ2v) is 11.0. The molecule has 0 atom stereocenters. The van der Waals surface area contributed by atoms with E-state index in [-0.39, 0.29) is 19.5 Å². The molecule has 0 saturated carbocycles. The Balaban J connectivity index is 0.00000351. The summed E-state index contributed by atoms with van der Waals surface area (Å²) in [5.41, 5.74) is 13.0. The zero-order chi connectivity index (χ0) is 30.9. The van der Waals surface area contributed by atoms with Crippen molar-refractivity contribution in [2.75, 3.05) is 0 Å². The average Bonchev–Trinajstić information content (AvgIpc) is 3.93. The van der Waals surface area contributed by atoms with Gasteiger partial charge in [0.15, 0.2) is 0 Å². The molecule has 6 aromatic rings. The number of fused-ring (bicyclic) bond motifs is 8. The molecule has 0 N–H and O–H groups in total. The number of nitriles is 1. The molecule has 8 rings (SSSR count). The van der Waals surface area contributed by atoms with Gasteiger partial charge in [-0.15, -0.1) is 22.1 Å². The summed E-state index contributed by atoms with van der Waals surface area (Å²) in [6, 6.07) is 41.0. The normalized spacial score (nSPS) is 11.8. The van der Waals surface area contributed by atoms with Gasteiger partial charge in [-0.05, 0) is 69.3 Å². The van der Waals surface area contributed by atoms with Gasteiger partial charge >= 0.3 is 19.5 Å². The minimum absolute atomic E-state index is 0. The maximum absolute atomic E-state index is 9.46. The summed E-state index contributed by atoms with van der Waals surface area (Å²) in [6.07, 6.45) is 11.4. The molecule has 0 spiro atoms. The summed E-state index contributed by atoms with van der Waals surface area (Å²) in [4.78, 5) is 20.7. The molecule has 2 aliphatic heterocycles. The topological polar surface area (TPSA) is 77.8 Å². The third kappa shape index (κ3) is 5.59. The second kappa shape index (κ2) is 12.8. The number of hydrogen-bond acceptors (Lipinski definition) is 3. The van der Waals surface area contributed by atoms with Gasteiger partial charge in [0.05, 0.1) is 28.8 Å². The van der Waals surface area contributed by atoms with Crippen LogP contribution in [-0.4, -0.2) is 9.97 Å². The number of rotatable bonds is 4. The first-order valence-corrected chi connectivity index (χ1v) is 15.0. The van der Waals surface area contributed by atoms with Crippen LogP contribution in [0.4, 0.5) is 0 Å². The van der Waals surface area contributed by atoms with E-state index in [9.17, 15) is 5.26 Å². The van der Waals surface area contributed by atoms with E-state index in [1.165, 1.54) is 6.08 Å². The Morgan fingerprint density at radius 1 is 0.468 bits per heavy atom. The number of nitrogens with zero attached hydrogens (tertiary/aromatic N) is 5. The number of allylic oxidation sites excluding steroid dienone is 1. The maximum Gasteiger partial charge on any atom is 2.00 e. The Bertz CT molecular complexity index is 2370. The van der Waals surface area contributed by atoms with Crippen LogP contribution >= 0.6 is 0 Å². The van der Waals surface area contributed by atoms with Crippen molar-refractivity contribution >= 4 is 52.4 Å². The van der Waals surface area contributed by atoms with Gasteiger partial charge in [-0.1, -0.05) is 115 Å². The van der Waals surface area contributed by atoms with Gasteiger partial charge in [-0.25, -0.2) is 9.97 Å². The van der Waals surface area contributed by atoms with E-state index in [4.69, 9.17) is 19.9 Å². The van der Waals surface area contributed by atoms with Crippen molar-refractivity contribution in [1.29, 1.82) is 5.26 Å². The zero-order valence-corrected chi connectivity index (χ0v) is 28.3. The molecule has 47 heavy (non-hydrogen) atoms. The van der Waals surface area contributed by atoms with Gasteiger partial charge in [-0.3, -0.25) is 0 Å². The molecule has 8 bridgehead atoms. The molecule has 0 fully saturated rings. The molecular formula is C41H25N5Zn. The number of aromatic nitrogens is 4. The van der Waals surface area contributed by atoms with Gasteiger partial charge in [-0.2, -0.15) is 5.26 Å². The van der Waals surface area contributed by atoms with Crippen LogP contribution in [0.3, 0.4) is 0 Å². The molecule has 5 heterocycles. The Morgan fingerprint density at radius 3 is 1.26 bits per heavy atom. The third-order valence-electron chi connectivity index (χ3n) is 8.16. The van der Waals surface area contributed by atoms with E-state index in [2.05, 4.69) is 66.8 Å². The van der Waals surface area contributed by atoms with E-state index in [1.807, 2.05) is 78.9 Å². The fourth-order valence-electron chi connectivity index (χ4n) is 6.10. The van der Waals surface area contributed by atoms with E-state index in [0.717, 1.165) is 83.8 Å². The standard InChI is InChI=1S/C41H25N5.Zn/c42-26-10-17-30-31-18-20-33(43-31)39(27-11-4-1-5-12-27)35-22-24-37(45-35)41(29-15-8-3-9-16-29)38-25-23-36(46-38)40(28-13-6-2-7-14-28)34-21-19-32(30)44-34;/h1-25H;/q-2;+2/b17-10+,31-30?,32-30?,39-33?,39-35?,40-34?,40-36?,41-37?,41-38?;. The summed E-state index contributed by atoms with van der Waals surface area (Å²) in [5.74, 6) is 0. The summed E-state index contributed by atoms with van der Waals surface area (Å²) < 4.78 is 0. The molecule has 216 valence electrons. The minimum Gasteiger partial charge on any atom is -0.657 e. The van der Waals surface area contributed by atoms with Gasteiger partial charge in [0.1, 0.15) is 0 Å². The molecular weight excluding hydrogens is 628 g/mol. The predicted molar refractivity (Wildman–Crippen MR) is 188 cm³/mol. The van der Waals surface area contributed by atoms with Gasteiger partial charge in [0.2, 0.25) is 0 Å². The molecule has 3 aromatic carbocycles. The molecule has 0 amide bonds. The fourth-order valence-corrected chi connectivity index (χ4v) is 6.10. The second-order valence-electron chi connectivity index (χ2n) is 11.0. The van der Waals surface area contributed by atoms with Gasteiger partial charge < -0.3 is 9.97 Å². The minimum atomic E-state index is 0. The molecule has 2 aliphatic rings. The molecule has 3 aromatic heterocycles. The molecule has 0 radical (unpaired) electrons. The monoisotopic (exact) mass is 651 g/mol. The summed E-state index contributed by atoms with van der Waals surface area (Å²) >= 11 is 0. The SMILES string of the molecule is N#C/C=C/c1c2nc(c(-c3ccccc3)c3ccc([n-]3)c(-c3ccccc3)c3nc(c(-c4ccccc4)c4ccc1[n-]4)C=C3)C=C2.[Zn+2]. The quantitative estimate of drug-likeness (QED) is 0.140. The van der Waals surface area contributed by atoms with E-state index < -0.39 is 0 Å². The molecule has 0 aliphatic carbocycles. The van der Waals surface area contributed by atoms with Crippen molar-refractivity contribution in [3.05, 3.63) is 150 Å². The van der Waals surface area contributed by atoms with Crippen LogP contribution < -0.4 is 9.97 Å². The zero-order valence-electron chi connectivity index (χ0n) is 25.4. The molecule has 6 heteroatoms. The van der Waals surface area contributed by atoms with Crippen LogP contribution in [0.2, 0.25) is 0 Å². The van der Waals surface area contributed by atoms with E-state index in [1.54, 1.807) is 6.08 Å². The van der Waals surface area contributed by atoms with E-state index in [0.29, 0.717) is 0 Å². The summed E-state index contributed by atoms with van der Waals surface area (Å²) in [5, 5.41) is 9.46. The Kier molecular flexibility index (Phi) is 8.15. The van der Waals surface area contributed by atoms with Crippen molar-refractivity contribution < 1.29 is 19.5 Å². The van der Waals surface area contributed by atoms with Crippen LogP contribution in [0.1, 0.15) is 28.3 Å². The maximum atomic E-state index is 9.46. The first-order valence-electron chi connectivity index (χ1n) is 15.0. The van der Waals surface area contributed by atoms with Crippen molar-refractivity contribution in [3.8, 4) is 39.4 Å². The first-order chi connectivity index (χ1) is 22.8. The fraction of sp³-hybridized carbons (Fsp3) is 0. The molecule has 0 saturated heterocycles. The van der Waals surface area contributed by atoms with Gasteiger partial charge in [0.25, 0.3) is 0 Å². The summed E-state index contributed by atoms with van der Waals surface area (Å²) in [7, 11) is 0. The van der Waals surface area contributed by atoms with E-state index >= 15 is 0 Å². The molecule has 5 nitrogen and oxygen atoms in total. The van der Waals surface area contributed by atoms with Crippen LogP contribution in [-0.2, 0) is 19.5 Å². The smallest absolute Gasteiger partial charge is 0.657 e. The van der Waals surface area contributed by atoms with Crippen molar-refractivity contribution in [2.24, 2.45) is 0 Å². The average molecular weight is 653 g/mol. The van der Waals surface area contributed by atoms with Crippen LogP contribution in [0.5, 0.6) is 0 Å². The number of benzene rings is 3. The Hall–Kier alpha value is -5.89. The van der Waals surface area contributed by atoms with Crippen molar-refractivity contribution in [1.82, 2.24) is 19.9 Å². The van der Waals surface area contributed by atoms with Crippen LogP contribution in [0.15, 0.2) is 121 Å². The first kappa shape index (κ1) is 29.8. The Morgan fingerprint density at radius 2 is 0.830 bits per heavy atom. The van der Waals surface area contributed by atoms with Crippen molar-refractivity contribution in [2.45, 2.75) is 0 Å². The van der Waals surface area contributed by atoms with Gasteiger partial charge in [0, 0.05) is 6.08 Å². The largest absolute Gasteiger partial charge is 2.00 e. The van der Waals surface area contributed by atoms with Crippen LogP contribution in [0, 0.1) is 11.3 Å². The predicted octanol–water partition coefficient (Wildman–Crippen LogP) is 9.45. The number of hydrogen-bond donors (Lipinski definition) is 0. The molecule has 0 unspecified atom stereocenters. The van der Waals surface area contributed by atoms with Crippen LogP contribution in [0.25, 0.3) is 85.8 Å².